The van der Waals surface area contributed by atoms with Crippen molar-refractivity contribution in [1.29, 1.82) is 0 Å². The Morgan fingerprint density at radius 3 is 2.67 bits per heavy atom. The van der Waals surface area contributed by atoms with Crippen molar-refractivity contribution >= 4 is 70.3 Å². The SMILES string of the molecule is Cl.Cl.Clc1ccc(C2CNC(SCC3=CSC4=NCc5ccccc5CN34)=N2)cc1. The van der Waals surface area contributed by atoms with Gasteiger partial charge < -0.3 is 10.2 Å². The van der Waals surface area contributed by atoms with Gasteiger partial charge >= 0.3 is 0 Å². The van der Waals surface area contributed by atoms with Crippen LogP contribution in [0.25, 0.3) is 0 Å². The maximum atomic E-state index is 5.99. The highest BCUT2D eigenvalue weighted by atomic mass is 35.5. The summed E-state index contributed by atoms with van der Waals surface area (Å²) in [5, 5.41) is 8.54. The molecule has 0 amide bonds. The highest BCUT2D eigenvalue weighted by Gasteiger charge is 2.27. The fourth-order valence-corrected chi connectivity index (χ4v) is 5.53. The summed E-state index contributed by atoms with van der Waals surface area (Å²) >= 11 is 9.48. The van der Waals surface area contributed by atoms with Crippen molar-refractivity contribution in [2.45, 2.75) is 19.1 Å². The van der Waals surface area contributed by atoms with Gasteiger partial charge in [-0.25, -0.2) is 0 Å². The molecule has 0 fully saturated rings. The van der Waals surface area contributed by atoms with Gasteiger partial charge in [-0.15, -0.1) is 24.8 Å². The first-order valence-electron chi connectivity index (χ1n) is 9.21. The van der Waals surface area contributed by atoms with Crippen molar-refractivity contribution in [3.05, 3.63) is 81.3 Å². The predicted octanol–water partition coefficient (Wildman–Crippen LogP) is 5.88. The van der Waals surface area contributed by atoms with Gasteiger partial charge in [-0.1, -0.05) is 71.5 Å². The van der Waals surface area contributed by atoms with Gasteiger partial charge in [0.25, 0.3) is 0 Å². The Bertz CT molecular complexity index is 992. The third kappa shape index (κ3) is 4.94. The second-order valence-corrected chi connectivity index (χ2v) is 9.09. The first-order chi connectivity index (χ1) is 13.8. The molecule has 2 aromatic rings. The lowest BCUT2D eigenvalue weighted by atomic mass is 10.1. The van der Waals surface area contributed by atoms with Crippen LogP contribution in [0, 0.1) is 0 Å². The molecule has 9 heteroatoms. The Kier molecular flexibility index (Phi) is 8.04. The number of hydrogen-bond donors (Lipinski definition) is 1. The summed E-state index contributed by atoms with van der Waals surface area (Å²) in [5.74, 6) is 0.882. The molecule has 0 aromatic heterocycles. The van der Waals surface area contributed by atoms with Crippen molar-refractivity contribution in [1.82, 2.24) is 10.2 Å². The fourth-order valence-electron chi connectivity index (χ4n) is 3.49. The van der Waals surface area contributed by atoms with Crippen molar-refractivity contribution in [3.8, 4) is 0 Å². The van der Waals surface area contributed by atoms with Gasteiger partial charge in [0.1, 0.15) is 0 Å². The zero-order valence-electron chi connectivity index (χ0n) is 16.0. The Morgan fingerprint density at radius 2 is 1.87 bits per heavy atom. The summed E-state index contributed by atoms with van der Waals surface area (Å²) in [5.41, 5.74) is 5.18. The Balaban J connectivity index is 0.00000128. The first kappa shape index (κ1) is 23.4. The molecule has 5 rings (SSSR count). The molecular formula is C21H21Cl3N4S2. The topological polar surface area (TPSA) is 40.0 Å². The third-order valence-corrected chi connectivity index (χ3v) is 7.21. The maximum absolute atomic E-state index is 5.99. The largest absolute Gasteiger partial charge is 0.362 e. The molecule has 0 radical (unpaired) electrons. The van der Waals surface area contributed by atoms with Gasteiger partial charge in [-0.3, -0.25) is 9.98 Å². The predicted molar refractivity (Wildman–Crippen MR) is 135 cm³/mol. The lowest BCUT2D eigenvalue weighted by molar-refractivity contribution is 0.529. The highest BCUT2D eigenvalue weighted by molar-refractivity contribution is 8.17. The standard InChI is InChI=1S/C21H19ClN4S2.2ClH/c22-17-7-5-14(6-8-17)19-10-23-20(25-19)27-12-18-13-28-21-24-9-15-3-1-2-4-16(15)11-26(18)21;;/h1-8,13,19H,9-12H2,(H,23,25);2*1H. The Hall–Kier alpha value is -1.31. The summed E-state index contributed by atoms with van der Waals surface area (Å²) in [4.78, 5) is 12.0. The number of amidine groups is 2. The minimum atomic E-state index is 0. The van der Waals surface area contributed by atoms with E-state index in [4.69, 9.17) is 21.6 Å². The third-order valence-electron chi connectivity index (χ3n) is 5.04. The van der Waals surface area contributed by atoms with E-state index in [0.29, 0.717) is 0 Å². The quantitative estimate of drug-likeness (QED) is 0.573. The van der Waals surface area contributed by atoms with Crippen LogP contribution < -0.4 is 5.32 Å². The summed E-state index contributed by atoms with van der Waals surface area (Å²) in [6.45, 7) is 2.49. The molecule has 0 spiro atoms. The van der Waals surface area contributed by atoms with Crippen LogP contribution in [0.2, 0.25) is 5.02 Å². The minimum Gasteiger partial charge on any atom is -0.362 e. The molecule has 30 heavy (non-hydrogen) atoms. The molecule has 1 atom stereocenters. The maximum Gasteiger partial charge on any atom is 0.168 e. The smallest absolute Gasteiger partial charge is 0.168 e. The Morgan fingerprint density at radius 1 is 1.10 bits per heavy atom. The van der Waals surface area contributed by atoms with Crippen molar-refractivity contribution in [2.24, 2.45) is 9.98 Å². The van der Waals surface area contributed by atoms with E-state index in [-0.39, 0.29) is 30.9 Å². The lowest BCUT2D eigenvalue weighted by Gasteiger charge is -2.21. The van der Waals surface area contributed by atoms with E-state index in [1.807, 2.05) is 12.1 Å². The number of benzene rings is 2. The minimum absolute atomic E-state index is 0. The molecule has 0 saturated carbocycles. The molecule has 0 saturated heterocycles. The summed E-state index contributed by atoms with van der Waals surface area (Å²) in [6, 6.07) is 16.7. The molecule has 2 aromatic carbocycles. The van der Waals surface area contributed by atoms with E-state index in [2.05, 4.69) is 52.0 Å². The van der Waals surface area contributed by atoms with Gasteiger partial charge in [0.2, 0.25) is 0 Å². The molecule has 3 aliphatic rings. The van der Waals surface area contributed by atoms with Gasteiger partial charge in [0.05, 0.1) is 19.1 Å². The summed E-state index contributed by atoms with van der Waals surface area (Å²) in [6.07, 6.45) is 0. The zero-order valence-corrected chi connectivity index (χ0v) is 20.0. The molecular weight excluding hydrogens is 479 g/mol. The zero-order chi connectivity index (χ0) is 18.9. The van der Waals surface area contributed by atoms with E-state index in [9.17, 15) is 0 Å². The van der Waals surface area contributed by atoms with Crippen molar-refractivity contribution in [2.75, 3.05) is 12.3 Å². The number of thioether (sulfide) groups is 2. The van der Waals surface area contributed by atoms with E-state index in [1.165, 1.54) is 22.4 Å². The van der Waals surface area contributed by atoms with Crippen LogP contribution in [-0.4, -0.2) is 27.5 Å². The normalized spacial score (nSPS) is 19.2. The molecule has 0 aliphatic carbocycles. The molecule has 1 unspecified atom stereocenters. The summed E-state index contributed by atoms with van der Waals surface area (Å²) < 4.78 is 0. The number of rotatable bonds is 3. The molecule has 3 heterocycles. The van der Waals surface area contributed by atoms with Crippen LogP contribution in [0.1, 0.15) is 22.7 Å². The van der Waals surface area contributed by atoms with Gasteiger partial charge in [-0.05, 0) is 34.2 Å². The Labute approximate surface area is 202 Å². The van der Waals surface area contributed by atoms with Gasteiger partial charge in [-0.2, -0.15) is 0 Å². The van der Waals surface area contributed by atoms with Crippen LogP contribution in [0.5, 0.6) is 0 Å². The molecule has 3 aliphatic heterocycles. The average molecular weight is 500 g/mol. The summed E-state index contributed by atoms with van der Waals surface area (Å²) in [7, 11) is 0. The van der Waals surface area contributed by atoms with E-state index < -0.39 is 0 Å². The van der Waals surface area contributed by atoms with Crippen LogP contribution in [0.15, 0.2) is 69.6 Å². The second kappa shape index (κ2) is 10.3. The van der Waals surface area contributed by atoms with E-state index in [1.54, 1.807) is 23.5 Å². The molecule has 158 valence electrons. The first-order valence-corrected chi connectivity index (χ1v) is 11.4. The van der Waals surface area contributed by atoms with Crippen LogP contribution in [0.3, 0.4) is 0 Å². The highest BCUT2D eigenvalue weighted by Crippen LogP contribution is 2.34. The van der Waals surface area contributed by atoms with Crippen LogP contribution in [0.4, 0.5) is 0 Å². The van der Waals surface area contributed by atoms with E-state index in [0.717, 1.165) is 40.7 Å². The molecule has 0 bridgehead atoms. The van der Waals surface area contributed by atoms with Crippen molar-refractivity contribution < 1.29 is 0 Å². The number of hydrogen-bond acceptors (Lipinski definition) is 6. The van der Waals surface area contributed by atoms with Gasteiger partial charge in [0, 0.05) is 23.0 Å². The van der Waals surface area contributed by atoms with Gasteiger partial charge in [0.15, 0.2) is 10.3 Å². The average Bonchev–Trinajstić information content (AvgIpc) is 3.29. The van der Waals surface area contributed by atoms with Crippen LogP contribution in [-0.2, 0) is 13.1 Å². The number of nitrogens with zero attached hydrogens (tertiary/aromatic N) is 3. The van der Waals surface area contributed by atoms with Crippen molar-refractivity contribution in [3.63, 3.8) is 0 Å². The number of halogens is 3. The van der Waals surface area contributed by atoms with Crippen LogP contribution >= 0.6 is 59.9 Å². The number of nitrogens with one attached hydrogen (secondary N) is 1. The fraction of sp³-hybridized carbons (Fsp3) is 0.238. The molecule has 4 nitrogen and oxygen atoms in total. The lowest BCUT2D eigenvalue weighted by Crippen LogP contribution is -2.25. The second-order valence-electron chi connectivity index (χ2n) is 6.85. The number of fused-ring (bicyclic) bond motifs is 2. The monoisotopic (exact) mass is 498 g/mol. The molecule has 1 N–H and O–H groups in total. The van der Waals surface area contributed by atoms with E-state index >= 15 is 0 Å². The number of aliphatic imine (C=N–C) groups is 2.